The molecule has 9 heteroatoms. The lowest BCUT2D eigenvalue weighted by molar-refractivity contribution is -0.131. The molecule has 0 saturated carbocycles. The molecule has 1 N–H and O–H groups in total. The van der Waals surface area contributed by atoms with Crippen molar-refractivity contribution in [3.05, 3.63) is 81.7 Å². The number of hydrogen-bond acceptors (Lipinski definition) is 5. The number of benzene rings is 1. The first-order valence-electron chi connectivity index (χ1n) is 9.43. The molecular formula is C21H19FN4O4. The number of pyridine rings is 1. The molecule has 0 atom stereocenters. The van der Waals surface area contributed by atoms with Gasteiger partial charge in [0.1, 0.15) is 24.6 Å². The van der Waals surface area contributed by atoms with Crippen molar-refractivity contribution in [3.8, 4) is 0 Å². The van der Waals surface area contributed by atoms with Crippen molar-refractivity contribution in [1.82, 2.24) is 19.6 Å². The molecule has 0 saturated heterocycles. The minimum Gasteiger partial charge on any atom is -0.445 e. The van der Waals surface area contributed by atoms with Gasteiger partial charge in [0, 0.05) is 19.2 Å². The maximum atomic E-state index is 13.5. The molecule has 0 spiro atoms. The fourth-order valence-corrected chi connectivity index (χ4v) is 3.32. The topological polar surface area (TPSA) is 93.0 Å². The molecule has 0 radical (unpaired) electrons. The van der Waals surface area contributed by atoms with Gasteiger partial charge in [-0.05, 0) is 17.7 Å². The maximum Gasteiger partial charge on any atom is 0.407 e. The first-order chi connectivity index (χ1) is 14.5. The third-order valence-corrected chi connectivity index (χ3v) is 4.88. The van der Waals surface area contributed by atoms with Gasteiger partial charge < -0.3 is 15.0 Å². The van der Waals surface area contributed by atoms with E-state index in [4.69, 9.17) is 4.74 Å². The van der Waals surface area contributed by atoms with Gasteiger partial charge in [0.25, 0.3) is 5.56 Å². The zero-order valence-electron chi connectivity index (χ0n) is 16.0. The van der Waals surface area contributed by atoms with Gasteiger partial charge in [0.15, 0.2) is 0 Å². The number of ether oxygens (including phenoxy) is 1. The summed E-state index contributed by atoms with van der Waals surface area (Å²) < 4.78 is 19.7. The van der Waals surface area contributed by atoms with Gasteiger partial charge in [0.2, 0.25) is 5.91 Å². The summed E-state index contributed by atoms with van der Waals surface area (Å²) in [6.07, 6.45) is 0.784. The quantitative estimate of drug-likeness (QED) is 0.706. The zero-order chi connectivity index (χ0) is 21.1. The highest BCUT2D eigenvalue weighted by Crippen LogP contribution is 2.15. The zero-order valence-corrected chi connectivity index (χ0v) is 16.0. The van der Waals surface area contributed by atoms with Crippen LogP contribution in [0.5, 0.6) is 0 Å². The lowest BCUT2D eigenvalue weighted by Gasteiger charge is -2.28. The van der Waals surface area contributed by atoms with E-state index in [1.165, 1.54) is 17.0 Å². The summed E-state index contributed by atoms with van der Waals surface area (Å²) in [5.41, 5.74) is 1.75. The van der Waals surface area contributed by atoms with E-state index in [0.29, 0.717) is 29.9 Å². The highest BCUT2D eigenvalue weighted by molar-refractivity contribution is 5.82. The number of amides is 2. The predicted molar refractivity (Wildman–Crippen MR) is 105 cm³/mol. The Kier molecular flexibility index (Phi) is 5.42. The van der Waals surface area contributed by atoms with Crippen LogP contribution in [0.4, 0.5) is 9.18 Å². The van der Waals surface area contributed by atoms with Crippen molar-refractivity contribution in [3.63, 3.8) is 0 Å². The van der Waals surface area contributed by atoms with Crippen molar-refractivity contribution >= 4 is 17.6 Å². The normalized spacial score (nSPS) is 13.0. The van der Waals surface area contributed by atoms with Crippen LogP contribution < -0.4 is 10.9 Å². The van der Waals surface area contributed by atoms with Gasteiger partial charge in [-0.3, -0.25) is 14.0 Å². The molecule has 154 valence electrons. The van der Waals surface area contributed by atoms with E-state index in [9.17, 15) is 18.8 Å². The van der Waals surface area contributed by atoms with Crippen molar-refractivity contribution < 1.29 is 18.7 Å². The monoisotopic (exact) mass is 410 g/mol. The van der Waals surface area contributed by atoms with Gasteiger partial charge in [-0.2, -0.15) is 0 Å². The number of carbonyl (C=O) groups excluding carboxylic acids is 2. The number of carbonyl (C=O) groups is 2. The van der Waals surface area contributed by atoms with Crippen LogP contribution in [-0.4, -0.2) is 39.4 Å². The number of halogens is 1. The molecule has 2 aromatic heterocycles. The van der Waals surface area contributed by atoms with Crippen LogP contribution in [0.3, 0.4) is 0 Å². The van der Waals surface area contributed by atoms with E-state index in [1.54, 1.807) is 0 Å². The summed E-state index contributed by atoms with van der Waals surface area (Å²) in [7, 11) is 0. The predicted octanol–water partition coefficient (Wildman–Crippen LogP) is 1.64. The van der Waals surface area contributed by atoms with E-state index in [2.05, 4.69) is 10.3 Å². The smallest absolute Gasteiger partial charge is 0.407 e. The molecule has 0 fully saturated rings. The Balaban J connectivity index is 1.37. The Morgan fingerprint density at radius 3 is 2.77 bits per heavy atom. The first-order valence-corrected chi connectivity index (χ1v) is 9.43. The molecule has 0 unspecified atom stereocenters. The molecule has 3 aromatic rings. The minimum atomic E-state index is -0.701. The largest absolute Gasteiger partial charge is 0.445 e. The van der Waals surface area contributed by atoms with E-state index in [-0.39, 0.29) is 25.6 Å². The van der Waals surface area contributed by atoms with Crippen LogP contribution in [0.1, 0.15) is 16.8 Å². The second kappa shape index (κ2) is 8.32. The standard InChI is InChI=1S/C21H19FN4O4/c22-15-6-7-18-24-17-8-9-25(12-16(17)20(28)26(18)11-15)19(27)10-23-21(29)30-13-14-4-2-1-3-5-14/h1-7,11H,8-10,12-13H2,(H,23,29). The summed E-state index contributed by atoms with van der Waals surface area (Å²) in [5, 5.41) is 2.42. The third-order valence-electron chi connectivity index (χ3n) is 4.88. The van der Waals surface area contributed by atoms with Crippen LogP contribution in [0.2, 0.25) is 0 Å². The number of hydrogen-bond donors (Lipinski definition) is 1. The van der Waals surface area contributed by atoms with Crippen molar-refractivity contribution in [1.29, 1.82) is 0 Å². The third kappa shape index (κ3) is 4.14. The van der Waals surface area contributed by atoms with Crippen LogP contribution in [0.15, 0.2) is 53.5 Å². The van der Waals surface area contributed by atoms with Gasteiger partial charge in [-0.1, -0.05) is 30.3 Å². The summed E-state index contributed by atoms with van der Waals surface area (Å²) in [5.74, 6) is -0.894. The number of nitrogens with zero attached hydrogens (tertiary/aromatic N) is 3. The number of aromatic nitrogens is 2. The number of nitrogens with one attached hydrogen (secondary N) is 1. The molecule has 2 amide bonds. The molecular weight excluding hydrogens is 391 g/mol. The van der Waals surface area contributed by atoms with Gasteiger partial charge in [-0.25, -0.2) is 14.2 Å². The summed E-state index contributed by atoms with van der Waals surface area (Å²) in [4.78, 5) is 42.9. The van der Waals surface area contributed by atoms with E-state index in [0.717, 1.165) is 16.2 Å². The Hall–Kier alpha value is -3.75. The first kappa shape index (κ1) is 19.6. The molecule has 1 aliphatic heterocycles. The molecule has 30 heavy (non-hydrogen) atoms. The van der Waals surface area contributed by atoms with Gasteiger partial charge in [-0.15, -0.1) is 0 Å². The van der Waals surface area contributed by atoms with E-state index in [1.807, 2.05) is 30.3 Å². The summed E-state index contributed by atoms with van der Waals surface area (Å²) in [6, 6.07) is 11.9. The Labute approximate surface area is 170 Å². The maximum absolute atomic E-state index is 13.5. The van der Waals surface area contributed by atoms with Crippen LogP contribution >= 0.6 is 0 Å². The fourth-order valence-electron chi connectivity index (χ4n) is 3.32. The highest BCUT2D eigenvalue weighted by atomic mass is 19.1. The lowest BCUT2D eigenvalue weighted by atomic mass is 10.1. The van der Waals surface area contributed by atoms with Crippen molar-refractivity contribution in [2.75, 3.05) is 13.1 Å². The molecule has 1 aliphatic rings. The summed E-state index contributed by atoms with van der Waals surface area (Å²) >= 11 is 0. The van der Waals surface area contributed by atoms with E-state index >= 15 is 0 Å². The van der Waals surface area contributed by atoms with Crippen LogP contribution in [0.25, 0.3) is 5.65 Å². The Bertz CT molecular complexity index is 1160. The minimum absolute atomic E-state index is 0.0558. The van der Waals surface area contributed by atoms with Crippen molar-refractivity contribution in [2.24, 2.45) is 0 Å². The van der Waals surface area contributed by atoms with E-state index < -0.39 is 17.5 Å². The second-order valence-electron chi connectivity index (χ2n) is 6.90. The Morgan fingerprint density at radius 1 is 1.17 bits per heavy atom. The van der Waals surface area contributed by atoms with Gasteiger partial charge in [0.05, 0.1) is 17.8 Å². The average molecular weight is 410 g/mol. The average Bonchev–Trinajstić information content (AvgIpc) is 2.77. The molecule has 0 aliphatic carbocycles. The molecule has 1 aromatic carbocycles. The molecule has 4 rings (SSSR count). The number of rotatable bonds is 4. The Morgan fingerprint density at radius 2 is 1.97 bits per heavy atom. The molecule has 0 bridgehead atoms. The lowest BCUT2D eigenvalue weighted by Crippen LogP contribution is -2.44. The second-order valence-corrected chi connectivity index (χ2v) is 6.90. The summed E-state index contributed by atoms with van der Waals surface area (Å²) in [6.45, 7) is 0.278. The van der Waals surface area contributed by atoms with Crippen molar-refractivity contribution in [2.45, 2.75) is 19.6 Å². The fraction of sp³-hybridized carbons (Fsp3) is 0.238. The number of fused-ring (bicyclic) bond motifs is 2. The number of alkyl carbamates (subject to hydrolysis) is 1. The van der Waals surface area contributed by atoms with Crippen LogP contribution in [-0.2, 0) is 29.1 Å². The molecule has 8 nitrogen and oxygen atoms in total. The highest BCUT2D eigenvalue weighted by Gasteiger charge is 2.25. The molecule has 3 heterocycles. The van der Waals surface area contributed by atoms with Gasteiger partial charge >= 0.3 is 6.09 Å². The SMILES string of the molecule is O=C(NCC(=O)N1CCc2nc3ccc(F)cn3c(=O)c2C1)OCc1ccccc1. The van der Waals surface area contributed by atoms with Crippen LogP contribution in [0, 0.1) is 5.82 Å².